The molecule has 0 saturated heterocycles. The van der Waals surface area contributed by atoms with E-state index in [1.807, 2.05) is 0 Å². The third kappa shape index (κ3) is 5.70. The summed E-state index contributed by atoms with van der Waals surface area (Å²) in [6, 6.07) is 6.36. The number of carbonyl (C=O) groups excluding carboxylic acids is 1. The van der Waals surface area contributed by atoms with Crippen molar-refractivity contribution in [1.29, 1.82) is 0 Å². The molecule has 0 heterocycles. The Kier molecular flexibility index (Phi) is 6.00. The average Bonchev–Trinajstić information content (AvgIpc) is 2.27. The van der Waals surface area contributed by atoms with Gasteiger partial charge in [-0.2, -0.15) is 0 Å². The molecule has 0 aliphatic heterocycles. The van der Waals surface area contributed by atoms with Crippen molar-refractivity contribution >= 4 is 17.7 Å². The summed E-state index contributed by atoms with van der Waals surface area (Å²) >= 11 is 1.16. The van der Waals surface area contributed by atoms with Gasteiger partial charge in [-0.05, 0) is 25.5 Å². The Bertz CT molecular complexity index is 371. The second kappa shape index (κ2) is 7.29. The van der Waals surface area contributed by atoms with Gasteiger partial charge in [0, 0.05) is 11.4 Å². The van der Waals surface area contributed by atoms with Gasteiger partial charge in [0.25, 0.3) is 0 Å². The summed E-state index contributed by atoms with van der Waals surface area (Å²) in [4.78, 5) is 11.8. The van der Waals surface area contributed by atoms with Gasteiger partial charge >= 0.3 is 0 Å². The van der Waals surface area contributed by atoms with Crippen LogP contribution in [0, 0.1) is 5.82 Å². The molecule has 0 aromatic heterocycles. The Morgan fingerprint density at radius 2 is 2.24 bits per heavy atom. The first-order chi connectivity index (χ1) is 8.09. The summed E-state index contributed by atoms with van der Waals surface area (Å²) in [7, 11) is 0. The number of benzene rings is 1. The molecule has 0 radical (unpaired) electrons. The number of hydrogen-bond acceptors (Lipinski definition) is 3. The van der Waals surface area contributed by atoms with Crippen LogP contribution in [0.4, 0.5) is 4.39 Å². The fourth-order valence-corrected chi connectivity index (χ4v) is 1.95. The normalized spacial score (nSPS) is 12.2. The highest BCUT2D eigenvalue weighted by Crippen LogP contribution is 2.20. The van der Waals surface area contributed by atoms with Crippen molar-refractivity contribution in [3.8, 4) is 0 Å². The molecule has 1 aromatic carbocycles. The second-order valence-electron chi connectivity index (χ2n) is 3.71. The number of aliphatic hydroxyl groups excluding tert-OH is 1. The number of aliphatic hydroxyl groups is 1. The van der Waals surface area contributed by atoms with Crippen molar-refractivity contribution in [3.05, 3.63) is 30.1 Å². The standard InChI is InChI=1S/C12H16FNO2S/c1-9(15)6-7-14-12(16)8-17-11-5-3-2-4-10(11)13/h2-5,9,15H,6-8H2,1H3,(H,14,16). The lowest BCUT2D eigenvalue weighted by molar-refractivity contribution is -0.118. The van der Waals surface area contributed by atoms with Gasteiger partial charge in [0.2, 0.25) is 5.91 Å². The second-order valence-corrected chi connectivity index (χ2v) is 4.72. The maximum atomic E-state index is 13.2. The van der Waals surface area contributed by atoms with Crippen LogP contribution < -0.4 is 5.32 Å². The zero-order valence-electron chi connectivity index (χ0n) is 9.65. The largest absolute Gasteiger partial charge is 0.393 e. The Morgan fingerprint density at radius 3 is 2.88 bits per heavy atom. The molecule has 1 unspecified atom stereocenters. The predicted molar refractivity (Wildman–Crippen MR) is 66.4 cm³/mol. The lowest BCUT2D eigenvalue weighted by Crippen LogP contribution is -2.27. The van der Waals surface area contributed by atoms with Crippen LogP contribution in [0.3, 0.4) is 0 Å². The Balaban J connectivity index is 2.26. The Morgan fingerprint density at radius 1 is 1.53 bits per heavy atom. The highest BCUT2D eigenvalue weighted by molar-refractivity contribution is 8.00. The molecular formula is C12H16FNO2S. The monoisotopic (exact) mass is 257 g/mol. The molecule has 0 aliphatic carbocycles. The quantitative estimate of drug-likeness (QED) is 0.764. The van der Waals surface area contributed by atoms with Gasteiger partial charge in [0.05, 0.1) is 11.9 Å². The SMILES string of the molecule is CC(O)CCNC(=O)CSc1ccccc1F. The summed E-state index contributed by atoms with van der Waals surface area (Å²) in [5, 5.41) is 11.7. The van der Waals surface area contributed by atoms with Crippen molar-refractivity contribution in [2.45, 2.75) is 24.3 Å². The van der Waals surface area contributed by atoms with E-state index in [9.17, 15) is 9.18 Å². The zero-order valence-corrected chi connectivity index (χ0v) is 10.5. The van der Waals surface area contributed by atoms with E-state index in [0.717, 1.165) is 11.8 Å². The summed E-state index contributed by atoms with van der Waals surface area (Å²) in [5.41, 5.74) is 0. The number of halogens is 1. The Hall–Kier alpha value is -1.07. The first-order valence-corrected chi connectivity index (χ1v) is 6.40. The number of hydrogen-bond donors (Lipinski definition) is 2. The fourth-order valence-electron chi connectivity index (χ4n) is 1.18. The lowest BCUT2D eigenvalue weighted by atomic mass is 10.3. The summed E-state index contributed by atoms with van der Waals surface area (Å²) in [5.74, 6) is -0.283. The number of thioether (sulfide) groups is 1. The number of rotatable bonds is 6. The summed E-state index contributed by atoms with van der Waals surface area (Å²) in [6.45, 7) is 2.11. The number of carbonyl (C=O) groups is 1. The van der Waals surface area contributed by atoms with Crippen LogP contribution in [0.2, 0.25) is 0 Å². The van der Waals surface area contributed by atoms with Crippen molar-refractivity contribution in [2.75, 3.05) is 12.3 Å². The highest BCUT2D eigenvalue weighted by atomic mass is 32.2. The van der Waals surface area contributed by atoms with E-state index in [1.165, 1.54) is 6.07 Å². The van der Waals surface area contributed by atoms with Gasteiger partial charge < -0.3 is 10.4 Å². The topological polar surface area (TPSA) is 49.3 Å². The van der Waals surface area contributed by atoms with E-state index in [0.29, 0.717) is 17.9 Å². The Labute approximate surface area is 104 Å². The molecule has 2 N–H and O–H groups in total. The van der Waals surface area contributed by atoms with Crippen molar-refractivity contribution in [1.82, 2.24) is 5.32 Å². The zero-order chi connectivity index (χ0) is 12.7. The van der Waals surface area contributed by atoms with Gasteiger partial charge in [-0.25, -0.2) is 4.39 Å². The molecule has 94 valence electrons. The van der Waals surface area contributed by atoms with Crippen LogP contribution in [0.25, 0.3) is 0 Å². The molecule has 0 aliphatic rings. The molecule has 5 heteroatoms. The van der Waals surface area contributed by atoms with Gasteiger partial charge in [-0.1, -0.05) is 12.1 Å². The van der Waals surface area contributed by atoms with Crippen molar-refractivity contribution in [2.24, 2.45) is 0 Å². The molecule has 0 bridgehead atoms. The minimum Gasteiger partial charge on any atom is -0.393 e. The van der Waals surface area contributed by atoms with E-state index < -0.39 is 6.10 Å². The van der Waals surface area contributed by atoms with Crippen molar-refractivity contribution < 1.29 is 14.3 Å². The molecule has 0 fully saturated rings. The van der Waals surface area contributed by atoms with E-state index in [-0.39, 0.29) is 17.5 Å². The predicted octanol–water partition coefficient (Wildman–Crippen LogP) is 1.80. The molecule has 3 nitrogen and oxygen atoms in total. The van der Waals surface area contributed by atoms with Gasteiger partial charge in [0.1, 0.15) is 5.82 Å². The molecular weight excluding hydrogens is 241 g/mol. The van der Waals surface area contributed by atoms with E-state index in [1.54, 1.807) is 25.1 Å². The van der Waals surface area contributed by atoms with Gasteiger partial charge in [-0.15, -0.1) is 11.8 Å². The van der Waals surface area contributed by atoms with E-state index in [4.69, 9.17) is 5.11 Å². The smallest absolute Gasteiger partial charge is 0.230 e. The van der Waals surface area contributed by atoms with Gasteiger partial charge in [-0.3, -0.25) is 4.79 Å². The minimum atomic E-state index is -0.422. The fraction of sp³-hybridized carbons (Fsp3) is 0.417. The van der Waals surface area contributed by atoms with Crippen LogP contribution in [-0.4, -0.2) is 29.4 Å². The molecule has 1 rings (SSSR count). The molecule has 0 spiro atoms. The van der Waals surface area contributed by atoms with E-state index in [2.05, 4.69) is 5.32 Å². The minimum absolute atomic E-state index is 0.154. The molecule has 1 aromatic rings. The van der Waals surface area contributed by atoms with Crippen LogP contribution >= 0.6 is 11.8 Å². The third-order valence-electron chi connectivity index (χ3n) is 2.08. The maximum absolute atomic E-state index is 13.2. The summed E-state index contributed by atoms with van der Waals surface area (Å²) in [6.07, 6.45) is 0.102. The molecule has 17 heavy (non-hydrogen) atoms. The number of amides is 1. The van der Waals surface area contributed by atoms with Crippen LogP contribution in [0.5, 0.6) is 0 Å². The third-order valence-corrected chi connectivity index (χ3v) is 3.13. The maximum Gasteiger partial charge on any atom is 0.230 e. The first-order valence-electron chi connectivity index (χ1n) is 5.41. The number of nitrogens with one attached hydrogen (secondary N) is 1. The van der Waals surface area contributed by atoms with Crippen LogP contribution in [0.15, 0.2) is 29.2 Å². The molecule has 1 atom stereocenters. The first kappa shape index (κ1) is 14.0. The van der Waals surface area contributed by atoms with Crippen molar-refractivity contribution in [3.63, 3.8) is 0 Å². The van der Waals surface area contributed by atoms with E-state index >= 15 is 0 Å². The highest BCUT2D eigenvalue weighted by Gasteiger charge is 2.06. The molecule has 0 saturated carbocycles. The average molecular weight is 257 g/mol. The van der Waals surface area contributed by atoms with Crippen LogP contribution in [-0.2, 0) is 4.79 Å². The lowest BCUT2D eigenvalue weighted by Gasteiger charge is -2.06. The van der Waals surface area contributed by atoms with Gasteiger partial charge in [0.15, 0.2) is 0 Å². The summed E-state index contributed by atoms with van der Waals surface area (Å²) < 4.78 is 13.2. The van der Waals surface area contributed by atoms with Crippen LogP contribution in [0.1, 0.15) is 13.3 Å². The molecule has 1 amide bonds.